The molecule has 1 aromatic heterocycles. The summed E-state index contributed by atoms with van der Waals surface area (Å²) in [5.74, 6) is 0. The average molecular weight is 123 g/mol. The van der Waals surface area contributed by atoms with Crippen molar-refractivity contribution >= 4 is 0 Å². The number of nitrogens with one attached hydrogen (secondary N) is 1. The lowest BCUT2D eigenvalue weighted by Crippen LogP contribution is -2.16. The second-order valence-corrected chi connectivity index (χ2v) is 2.35. The first-order valence-electron chi connectivity index (χ1n) is 3.21. The fourth-order valence-electron chi connectivity index (χ4n) is 0.745. The number of aromatic nitrogens is 2. The Morgan fingerprint density at radius 3 is 3.00 bits per heavy atom. The SMILES string of the molecule is c1cnn(NC2CC2)c1. The smallest absolute Gasteiger partial charge is 0.0510 e. The number of hydrogen-bond donors (Lipinski definition) is 1. The van der Waals surface area contributed by atoms with Crippen LogP contribution in [0.25, 0.3) is 0 Å². The first kappa shape index (κ1) is 4.85. The minimum atomic E-state index is 0.685. The summed E-state index contributed by atoms with van der Waals surface area (Å²) in [5, 5.41) is 4.00. The van der Waals surface area contributed by atoms with Crippen molar-refractivity contribution in [3.63, 3.8) is 0 Å². The van der Waals surface area contributed by atoms with Crippen molar-refractivity contribution in [2.75, 3.05) is 5.43 Å². The van der Waals surface area contributed by atoms with Crippen LogP contribution in [0.1, 0.15) is 12.8 Å². The zero-order valence-electron chi connectivity index (χ0n) is 5.12. The van der Waals surface area contributed by atoms with E-state index in [0.717, 1.165) is 0 Å². The van der Waals surface area contributed by atoms with E-state index >= 15 is 0 Å². The predicted octanol–water partition coefficient (Wildman–Crippen LogP) is 0.589. The van der Waals surface area contributed by atoms with Crippen LogP contribution in [0.3, 0.4) is 0 Å². The van der Waals surface area contributed by atoms with E-state index in [0.29, 0.717) is 6.04 Å². The highest BCUT2D eigenvalue weighted by Gasteiger charge is 2.20. The van der Waals surface area contributed by atoms with E-state index in [1.54, 1.807) is 11.0 Å². The van der Waals surface area contributed by atoms with Crippen molar-refractivity contribution in [3.8, 4) is 0 Å². The first-order chi connectivity index (χ1) is 4.45. The molecule has 0 atom stereocenters. The summed E-state index contributed by atoms with van der Waals surface area (Å²) >= 11 is 0. The molecular weight excluding hydrogens is 114 g/mol. The van der Waals surface area contributed by atoms with Gasteiger partial charge in [-0.25, -0.2) is 0 Å². The normalized spacial score (nSPS) is 17.8. The van der Waals surface area contributed by atoms with Crippen LogP contribution < -0.4 is 5.43 Å². The van der Waals surface area contributed by atoms with Crippen LogP contribution in [-0.2, 0) is 0 Å². The Hall–Kier alpha value is -0.990. The molecule has 0 unspecified atom stereocenters. The second kappa shape index (κ2) is 1.76. The molecule has 0 radical (unpaired) electrons. The fraction of sp³-hybridized carbons (Fsp3) is 0.500. The molecule has 3 heteroatoms. The van der Waals surface area contributed by atoms with Gasteiger partial charge < -0.3 is 5.43 Å². The number of nitrogens with zero attached hydrogens (tertiary/aromatic N) is 2. The standard InChI is InChI=1S/C6H9N3/c1-4-7-9(5-1)8-6-2-3-6/h1,4-6,8H,2-3H2. The summed E-state index contributed by atoms with van der Waals surface area (Å²) in [6, 6.07) is 2.60. The van der Waals surface area contributed by atoms with E-state index in [2.05, 4.69) is 10.5 Å². The highest BCUT2D eigenvalue weighted by atomic mass is 15.6. The molecule has 0 amide bonds. The molecule has 1 fully saturated rings. The van der Waals surface area contributed by atoms with E-state index in [-0.39, 0.29) is 0 Å². The summed E-state index contributed by atoms with van der Waals surface area (Å²) in [6.07, 6.45) is 6.27. The van der Waals surface area contributed by atoms with Crippen LogP contribution in [-0.4, -0.2) is 15.9 Å². The molecule has 1 aromatic rings. The molecule has 48 valence electrons. The van der Waals surface area contributed by atoms with Gasteiger partial charge in [-0.3, -0.25) is 0 Å². The maximum atomic E-state index is 4.00. The molecule has 2 rings (SSSR count). The van der Waals surface area contributed by atoms with Crippen molar-refractivity contribution in [1.29, 1.82) is 0 Å². The van der Waals surface area contributed by atoms with Gasteiger partial charge >= 0.3 is 0 Å². The molecule has 1 aliphatic rings. The number of rotatable bonds is 2. The lowest BCUT2D eigenvalue weighted by atomic mass is 10.7. The van der Waals surface area contributed by atoms with E-state index in [1.165, 1.54) is 12.8 Å². The molecule has 0 bridgehead atoms. The lowest BCUT2D eigenvalue weighted by Gasteiger charge is -2.00. The van der Waals surface area contributed by atoms with Gasteiger partial charge in [0.25, 0.3) is 0 Å². The molecule has 1 N–H and O–H groups in total. The van der Waals surface area contributed by atoms with Crippen molar-refractivity contribution in [2.45, 2.75) is 18.9 Å². The van der Waals surface area contributed by atoms with Crippen LogP contribution in [0.5, 0.6) is 0 Å². The molecule has 0 aromatic carbocycles. The van der Waals surface area contributed by atoms with Gasteiger partial charge in [-0.05, 0) is 18.9 Å². The maximum absolute atomic E-state index is 4.00. The fourth-order valence-corrected chi connectivity index (χ4v) is 0.745. The van der Waals surface area contributed by atoms with Crippen molar-refractivity contribution in [3.05, 3.63) is 18.5 Å². The third kappa shape index (κ3) is 1.04. The Kier molecular flexibility index (Phi) is 0.946. The third-order valence-corrected chi connectivity index (χ3v) is 1.40. The summed E-state index contributed by atoms with van der Waals surface area (Å²) < 4.78 is 0. The lowest BCUT2D eigenvalue weighted by molar-refractivity contribution is 0.729. The Morgan fingerprint density at radius 1 is 1.56 bits per heavy atom. The molecule has 1 aliphatic carbocycles. The molecule has 9 heavy (non-hydrogen) atoms. The minimum Gasteiger partial charge on any atom is -0.307 e. The van der Waals surface area contributed by atoms with Crippen molar-refractivity contribution < 1.29 is 0 Å². The van der Waals surface area contributed by atoms with Crippen LogP contribution in [0.15, 0.2) is 18.5 Å². The molecule has 3 nitrogen and oxygen atoms in total. The molecular formula is C6H9N3. The predicted molar refractivity (Wildman–Crippen MR) is 34.6 cm³/mol. The van der Waals surface area contributed by atoms with E-state index < -0.39 is 0 Å². The van der Waals surface area contributed by atoms with Gasteiger partial charge in [-0.1, -0.05) is 0 Å². The van der Waals surface area contributed by atoms with Gasteiger partial charge in [-0.2, -0.15) is 9.89 Å². The average Bonchev–Trinajstić information content (AvgIpc) is 2.46. The van der Waals surface area contributed by atoms with Gasteiger partial charge in [0, 0.05) is 12.2 Å². The van der Waals surface area contributed by atoms with E-state index in [9.17, 15) is 0 Å². The zero-order chi connectivity index (χ0) is 6.10. The molecule has 1 heterocycles. The Balaban J connectivity index is 1.99. The van der Waals surface area contributed by atoms with Crippen molar-refractivity contribution in [2.24, 2.45) is 0 Å². The quantitative estimate of drug-likeness (QED) is 0.623. The van der Waals surface area contributed by atoms with Gasteiger partial charge in [0.15, 0.2) is 0 Å². The monoisotopic (exact) mass is 123 g/mol. The van der Waals surface area contributed by atoms with Crippen LogP contribution >= 0.6 is 0 Å². The number of hydrogen-bond acceptors (Lipinski definition) is 2. The van der Waals surface area contributed by atoms with E-state index in [1.807, 2.05) is 12.3 Å². The topological polar surface area (TPSA) is 29.9 Å². The van der Waals surface area contributed by atoms with Gasteiger partial charge in [0.2, 0.25) is 0 Å². The Morgan fingerprint density at radius 2 is 2.44 bits per heavy atom. The van der Waals surface area contributed by atoms with Crippen molar-refractivity contribution in [1.82, 2.24) is 9.89 Å². The van der Waals surface area contributed by atoms with Gasteiger partial charge in [-0.15, -0.1) is 0 Å². The Labute approximate surface area is 53.6 Å². The van der Waals surface area contributed by atoms with Gasteiger partial charge in [0.1, 0.15) is 0 Å². The highest BCUT2D eigenvalue weighted by Crippen LogP contribution is 2.19. The molecule has 0 spiro atoms. The largest absolute Gasteiger partial charge is 0.307 e. The Bertz CT molecular complexity index is 176. The van der Waals surface area contributed by atoms with E-state index in [4.69, 9.17) is 0 Å². The third-order valence-electron chi connectivity index (χ3n) is 1.40. The summed E-state index contributed by atoms with van der Waals surface area (Å²) in [4.78, 5) is 1.76. The van der Waals surface area contributed by atoms with Gasteiger partial charge in [0.05, 0.1) is 6.20 Å². The summed E-state index contributed by atoms with van der Waals surface area (Å²) in [7, 11) is 0. The second-order valence-electron chi connectivity index (χ2n) is 2.35. The molecule has 0 saturated heterocycles. The first-order valence-corrected chi connectivity index (χ1v) is 3.21. The zero-order valence-corrected chi connectivity index (χ0v) is 5.12. The minimum absolute atomic E-state index is 0.685. The van der Waals surface area contributed by atoms with Crippen LogP contribution in [0, 0.1) is 0 Å². The molecule has 1 saturated carbocycles. The summed E-state index contributed by atoms with van der Waals surface area (Å²) in [5.41, 5.74) is 3.20. The highest BCUT2D eigenvalue weighted by molar-refractivity contribution is 4.93. The maximum Gasteiger partial charge on any atom is 0.0510 e. The van der Waals surface area contributed by atoms with Crippen LogP contribution in [0.2, 0.25) is 0 Å². The van der Waals surface area contributed by atoms with Crippen LogP contribution in [0.4, 0.5) is 0 Å². The summed E-state index contributed by atoms with van der Waals surface area (Å²) in [6.45, 7) is 0. The molecule has 0 aliphatic heterocycles.